The van der Waals surface area contributed by atoms with Gasteiger partial charge in [-0.15, -0.1) is 0 Å². The molecule has 176 valence electrons. The van der Waals surface area contributed by atoms with Crippen molar-refractivity contribution in [2.75, 3.05) is 38.6 Å². The first-order chi connectivity index (χ1) is 16.0. The molecule has 8 heteroatoms. The molecule has 0 spiro atoms. The van der Waals surface area contributed by atoms with Gasteiger partial charge >= 0.3 is 0 Å². The Balaban J connectivity index is 1.54. The van der Waals surface area contributed by atoms with Crippen LogP contribution in [0.25, 0.3) is 10.9 Å². The number of rotatable bonds is 9. The van der Waals surface area contributed by atoms with Gasteiger partial charge in [-0.3, -0.25) is 19.1 Å². The van der Waals surface area contributed by atoms with Gasteiger partial charge in [0.05, 0.1) is 29.9 Å². The largest absolute Gasteiger partial charge is 0.379 e. The van der Waals surface area contributed by atoms with Gasteiger partial charge in [-0.05, 0) is 45.4 Å². The maximum absolute atomic E-state index is 13.3. The summed E-state index contributed by atoms with van der Waals surface area (Å²) in [6.45, 7) is 11.8. The number of carbonyl (C=O) groups excluding carboxylic acids is 1. The number of para-hydroxylation sites is 1. The lowest BCUT2D eigenvalue weighted by atomic mass is 10.2. The van der Waals surface area contributed by atoms with E-state index in [1.807, 2.05) is 44.2 Å². The second-order valence-corrected chi connectivity index (χ2v) is 9.36. The summed E-state index contributed by atoms with van der Waals surface area (Å²) in [6, 6.07) is 9.39. The fraction of sp³-hybridized carbons (Fsp3) is 0.480. The van der Waals surface area contributed by atoms with Crippen LogP contribution in [0.5, 0.6) is 0 Å². The molecule has 1 aliphatic rings. The monoisotopic (exact) mass is 468 g/mol. The van der Waals surface area contributed by atoms with Gasteiger partial charge < -0.3 is 9.30 Å². The van der Waals surface area contributed by atoms with Gasteiger partial charge in [0.2, 0.25) is 0 Å². The maximum atomic E-state index is 13.3. The Hall–Kier alpha value is -2.42. The predicted molar refractivity (Wildman–Crippen MR) is 133 cm³/mol. The van der Waals surface area contributed by atoms with Gasteiger partial charge in [0.25, 0.3) is 5.56 Å². The lowest BCUT2D eigenvalue weighted by molar-refractivity contribution is 0.0368. The van der Waals surface area contributed by atoms with Crippen molar-refractivity contribution in [3.05, 3.63) is 57.6 Å². The average molecular weight is 469 g/mol. The number of morpholine rings is 1. The normalized spacial score (nSPS) is 14.8. The topological polar surface area (TPSA) is 69.4 Å². The van der Waals surface area contributed by atoms with Crippen LogP contribution in [0, 0.1) is 13.8 Å². The second-order valence-electron chi connectivity index (χ2n) is 8.42. The number of ether oxygens (including phenoxy) is 1. The van der Waals surface area contributed by atoms with Crippen LogP contribution in [0.4, 0.5) is 0 Å². The average Bonchev–Trinajstić information content (AvgIpc) is 3.12. The molecule has 33 heavy (non-hydrogen) atoms. The lowest BCUT2D eigenvalue weighted by Gasteiger charge is -2.26. The van der Waals surface area contributed by atoms with Crippen molar-refractivity contribution >= 4 is 28.4 Å². The molecule has 1 aliphatic heterocycles. The Morgan fingerprint density at radius 2 is 1.88 bits per heavy atom. The van der Waals surface area contributed by atoms with Crippen LogP contribution in [0.1, 0.15) is 35.1 Å². The van der Waals surface area contributed by atoms with E-state index in [0.717, 1.165) is 62.8 Å². The molecule has 0 radical (unpaired) electrons. The van der Waals surface area contributed by atoms with Crippen LogP contribution in [-0.4, -0.2) is 63.4 Å². The molecule has 0 bridgehead atoms. The third-order valence-corrected chi connectivity index (χ3v) is 7.29. The number of hydrogen-bond acceptors (Lipinski definition) is 6. The number of thioether (sulfide) groups is 1. The first kappa shape index (κ1) is 23.7. The highest BCUT2D eigenvalue weighted by Crippen LogP contribution is 2.22. The molecule has 4 rings (SSSR count). The number of Topliss-reactive ketones (excluding diaryl/α,β-unsaturated/α-hetero) is 1. The summed E-state index contributed by atoms with van der Waals surface area (Å²) in [7, 11) is 0. The molecule has 3 aromatic rings. The first-order valence-electron chi connectivity index (χ1n) is 11.6. The zero-order chi connectivity index (χ0) is 23.4. The van der Waals surface area contributed by atoms with Crippen molar-refractivity contribution in [3.8, 4) is 0 Å². The number of ketones is 1. The summed E-state index contributed by atoms with van der Waals surface area (Å²) in [5, 5.41) is 1.23. The highest BCUT2D eigenvalue weighted by Gasteiger charge is 2.18. The van der Waals surface area contributed by atoms with Crippen molar-refractivity contribution in [1.82, 2.24) is 19.0 Å². The van der Waals surface area contributed by atoms with Gasteiger partial charge in [-0.25, -0.2) is 4.98 Å². The molecule has 0 amide bonds. The Morgan fingerprint density at radius 1 is 1.12 bits per heavy atom. The number of aromatic nitrogens is 3. The third kappa shape index (κ3) is 5.23. The summed E-state index contributed by atoms with van der Waals surface area (Å²) in [4.78, 5) is 33.4. The molecule has 0 atom stereocenters. The van der Waals surface area contributed by atoms with Gasteiger partial charge in [0.1, 0.15) is 0 Å². The first-order valence-corrected chi connectivity index (χ1v) is 12.6. The predicted octanol–water partition coefficient (Wildman–Crippen LogP) is 3.53. The summed E-state index contributed by atoms with van der Waals surface area (Å²) >= 11 is 1.36. The van der Waals surface area contributed by atoms with Crippen molar-refractivity contribution < 1.29 is 9.53 Å². The molecule has 1 aromatic carbocycles. The second kappa shape index (κ2) is 10.7. The zero-order valence-corrected chi connectivity index (χ0v) is 20.5. The standard InChI is InChI=1S/C25H32N4O3S/c1-4-28-18(2)16-21(19(28)3)23(30)17-33-25-26-22-9-6-5-8-20(22)24(31)29(25)11-7-10-27-12-14-32-15-13-27/h5-6,8-9,16H,4,7,10-15,17H2,1-3H3. The molecule has 1 fully saturated rings. The zero-order valence-electron chi connectivity index (χ0n) is 19.7. The maximum Gasteiger partial charge on any atom is 0.262 e. The minimum atomic E-state index is -0.0401. The van der Waals surface area contributed by atoms with E-state index < -0.39 is 0 Å². The highest BCUT2D eigenvalue weighted by molar-refractivity contribution is 7.99. The Labute approximate surface area is 198 Å². The number of carbonyl (C=O) groups is 1. The van der Waals surface area contributed by atoms with Crippen molar-refractivity contribution in [3.63, 3.8) is 0 Å². The third-order valence-electron chi connectivity index (χ3n) is 6.31. The van der Waals surface area contributed by atoms with Gasteiger partial charge in [0, 0.05) is 49.7 Å². The van der Waals surface area contributed by atoms with Crippen LogP contribution < -0.4 is 5.56 Å². The van der Waals surface area contributed by atoms with Crippen LogP contribution in [-0.2, 0) is 17.8 Å². The molecular weight excluding hydrogens is 436 g/mol. The van der Waals surface area contributed by atoms with Crippen LogP contribution in [0.3, 0.4) is 0 Å². The lowest BCUT2D eigenvalue weighted by Crippen LogP contribution is -2.37. The Bertz CT molecular complexity index is 1190. The fourth-order valence-corrected chi connectivity index (χ4v) is 5.42. The Kier molecular flexibility index (Phi) is 7.67. The number of benzene rings is 1. The van der Waals surface area contributed by atoms with Crippen LogP contribution in [0.2, 0.25) is 0 Å². The summed E-state index contributed by atoms with van der Waals surface area (Å²) in [5.41, 5.74) is 3.47. The minimum absolute atomic E-state index is 0.0401. The molecule has 0 saturated carbocycles. The summed E-state index contributed by atoms with van der Waals surface area (Å²) in [6.07, 6.45) is 0.846. The van der Waals surface area contributed by atoms with Gasteiger partial charge in [-0.1, -0.05) is 23.9 Å². The number of nitrogens with zero attached hydrogens (tertiary/aromatic N) is 4. The smallest absolute Gasteiger partial charge is 0.262 e. The van der Waals surface area contributed by atoms with Crippen molar-refractivity contribution in [1.29, 1.82) is 0 Å². The van der Waals surface area contributed by atoms with Gasteiger partial charge in [0.15, 0.2) is 10.9 Å². The van der Waals surface area contributed by atoms with E-state index in [4.69, 9.17) is 9.72 Å². The van der Waals surface area contributed by atoms with E-state index in [0.29, 0.717) is 22.6 Å². The quantitative estimate of drug-likeness (QED) is 0.272. The fourth-order valence-electron chi connectivity index (χ4n) is 4.51. The van der Waals surface area contributed by atoms with E-state index in [2.05, 4.69) is 16.4 Å². The molecule has 2 aromatic heterocycles. The van der Waals surface area contributed by atoms with Crippen LogP contribution in [0.15, 0.2) is 40.3 Å². The number of hydrogen-bond donors (Lipinski definition) is 0. The van der Waals surface area contributed by atoms with E-state index >= 15 is 0 Å². The molecular formula is C25H32N4O3S. The number of fused-ring (bicyclic) bond motifs is 1. The highest BCUT2D eigenvalue weighted by atomic mass is 32.2. The minimum Gasteiger partial charge on any atom is -0.379 e. The molecule has 0 aliphatic carbocycles. The molecule has 1 saturated heterocycles. The van der Waals surface area contributed by atoms with E-state index in [1.165, 1.54) is 11.8 Å². The molecule has 0 unspecified atom stereocenters. The SMILES string of the molecule is CCn1c(C)cc(C(=O)CSc2nc3ccccc3c(=O)n2CCCN2CCOCC2)c1C. The number of aryl methyl sites for hydroxylation is 1. The van der Waals surface area contributed by atoms with E-state index in [9.17, 15) is 9.59 Å². The molecule has 3 heterocycles. The van der Waals surface area contributed by atoms with Crippen LogP contribution >= 0.6 is 11.8 Å². The van der Waals surface area contributed by atoms with Crippen molar-refractivity contribution in [2.45, 2.75) is 45.4 Å². The molecule has 0 N–H and O–H groups in total. The van der Waals surface area contributed by atoms with Crippen molar-refractivity contribution in [2.24, 2.45) is 0 Å². The van der Waals surface area contributed by atoms with E-state index in [1.54, 1.807) is 4.57 Å². The van der Waals surface area contributed by atoms with Gasteiger partial charge in [-0.2, -0.15) is 0 Å². The molecule has 7 nitrogen and oxygen atoms in total. The Morgan fingerprint density at radius 3 is 2.61 bits per heavy atom. The summed E-state index contributed by atoms with van der Waals surface area (Å²) < 4.78 is 9.31. The summed E-state index contributed by atoms with van der Waals surface area (Å²) in [5.74, 6) is 0.317. The van der Waals surface area contributed by atoms with E-state index in [-0.39, 0.29) is 17.1 Å².